The lowest BCUT2D eigenvalue weighted by molar-refractivity contribution is 0.303. The molecule has 1 aliphatic heterocycles. The van der Waals surface area contributed by atoms with Gasteiger partial charge in [-0.05, 0) is 74.2 Å². The number of ether oxygens (including phenoxy) is 1. The van der Waals surface area contributed by atoms with Crippen LogP contribution >= 0.6 is 36.2 Å². The quantitative estimate of drug-likeness (QED) is 0.425. The molecule has 6 heteroatoms. The molecule has 0 bridgehead atoms. The molecule has 3 nitrogen and oxygen atoms in total. The van der Waals surface area contributed by atoms with Crippen molar-refractivity contribution in [3.8, 4) is 16.2 Å². The third-order valence-corrected chi connectivity index (χ3v) is 6.96. The SMILES string of the molecule is COc1ccc(-c2sc(C)cc2C)cc1CNC1CCCNC1c1ccccc1.Cl.Cl. The molecule has 2 aromatic carbocycles. The second-order valence-electron chi connectivity index (χ2n) is 7.87. The fourth-order valence-corrected chi connectivity index (χ4v) is 5.37. The van der Waals surface area contributed by atoms with Crippen LogP contribution in [0.15, 0.2) is 54.6 Å². The van der Waals surface area contributed by atoms with Crippen molar-refractivity contribution in [1.29, 1.82) is 0 Å². The van der Waals surface area contributed by atoms with Crippen LogP contribution in [0.2, 0.25) is 0 Å². The number of piperidine rings is 1. The lowest BCUT2D eigenvalue weighted by Crippen LogP contribution is -2.45. The number of aryl methyl sites for hydroxylation is 2. The molecule has 0 amide bonds. The van der Waals surface area contributed by atoms with Crippen LogP contribution in [0.1, 0.15) is 40.5 Å². The number of benzene rings is 2. The Morgan fingerprint density at radius 1 is 1.06 bits per heavy atom. The average Bonchev–Trinajstić information content (AvgIpc) is 3.10. The molecule has 1 saturated heterocycles. The number of nitrogens with one attached hydrogen (secondary N) is 2. The number of thiophene rings is 1. The van der Waals surface area contributed by atoms with E-state index in [9.17, 15) is 0 Å². The van der Waals surface area contributed by atoms with Crippen LogP contribution in [-0.4, -0.2) is 19.7 Å². The first-order valence-corrected chi connectivity index (χ1v) is 11.2. The molecule has 2 heterocycles. The van der Waals surface area contributed by atoms with Crippen molar-refractivity contribution >= 4 is 36.2 Å². The summed E-state index contributed by atoms with van der Waals surface area (Å²) in [5.41, 5.74) is 5.19. The molecule has 4 rings (SSSR count). The van der Waals surface area contributed by atoms with Crippen molar-refractivity contribution in [2.24, 2.45) is 0 Å². The molecule has 31 heavy (non-hydrogen) atoms. The molecular weight excluding hydrogens is 447 g/mol. The predicted octanol–water partition coefficient (Wildman–Crippen LogP) is 6.47. The van der Waals surface area contributed by atoms with E-state index in [1.165, 1.54) is 44.8 Å². The third-order valence-electron chi connectivity index (χ3n) is 5.76. The van der Waals surface area contributed by atoms with E-state index < -0.39 is 0 Å². The van der Waals surface area contributed by atoms with Gasteiger partial charge in [-0.15, -0.1) is 36.2 Å². The summed E-state index contributed by atoms with van der Waals surface area (Å²) >= 11 is 1.86. The lowest BCUT2D eigenvalue weighted by Gasteiger charge is -2.34. The van der Waals surface area contributed by atoms with E-state index in [4.69, 9.17) is 4.74 Å². The lowest BCUT2D eigenvalue weighted by atomic mass is 9.92. The highest BCUT2D eigenvalue weighted by molar-refractivity contribution is 7.15. The van der Waals surface area contributed by atoms with Crippen LogP contribution in [0.25, 0.3) is 10.4 Å². The van der Waals surface area contributed by atoms with Crippen molar-refractivity contribution in [2.45, 2.75) is 45.3 Å². The van der Waals surface area contributed by atoms with Gasteiger partial charge in [0.2, 0.25) is 0 Å². The van der Waals surface area contributed by atoms with Gasteiger partial charge < -0.3 is 15.4 Å². The molecular formula is C25H32Cl2N2OS. The number of hydrogen-bond donors (Lipinski definition) is 2. The first-order valence-electron chi connectivity index (χ1n) is 10.4. The smallest absolute Gasteiger partial charge is 0.123 e. The van der Waals surface area contributed by atoms with Gasteiger partial charge in [-0.3, -0.25) is 0 Å². The Morgan fingerprint density at radius 2 is 1.84 bits per heavy atom. The summed E-state index contributed by atoms with van der Waals surface area (Å²) in [6.07, 6.45) is 2.38. The van der Waals surface area contributed by atoms with Gasteiger partial charge in [-0.25, -0.2) is 0 Å². The monoisotopic (exact) mass is 478 g/mol. The molecule has 0 aliphatic carbocycles. The van der Waals surface area contributed by atoms with Gasteiger partial charge in [0.25, 0.3) is 0 Å². The van der Waals surface area contributed by atoms with E-state index in [0.29, 0.717) is 12.1 Å². The molecule has 2 N–H and O–H groups in total. The van der Waals surface area contributed by atoms with Crippen LogP contribution in [0.3, 0.4) is 0 Å². The Labute approximate surface area is 202 Å². The standard InChI is InChI=1S/C25H30N2OS.2ClH/c1-17-14-18(2)29-25(17)20-11-12-23(28-3)21(15-20)16-27-22-10-7-13-26-24(22)19-8-5-4-6-9-19;;/h4-6,8-9,11-12,14-15,22,24,26-27H,7,10,13,16H2,1-3H3;2*1H. The van der Waals surface area contributed by atoms with Crippen LogP contribution in [0.4, 0.5) is 0 Å². The summed E-state index contributed by atoms with van der Waals surface area (Å²) in [7, 11) is 1.76. The molecule has 168 valence electrons. The zero-order valence-corrected chi connectivity index (χ0v) is 20.8. The van der Waals surface area contributed by atoms with Crippen molar-refractivity contribution in [1.82, 2.24) is 10.6 Å². The maximum Gasteiger partial charge on any atom is 0.123 e. The number of halogens is 2. The highest BCUT2D eigenvalue weighted by Crippen LogP contribution is 2.35. The summed E-state index contributed by atoms with van der Waals surface area (Å²) in [6, 6.07) is 20.4. The summed E-state index contributed by atoms with van der Waals surface area (Å²) in [5.74, 6) is 0.951. The number of rotatable bonds is 6. The molecule has 0 spiro atoms. The zero-order valence-electron chi connectivity index (χ0n) is 18.3. The Kier molecular flexibility index (Phi) is 9.86. The summed E-state index contributed by atoms with van der Waals surface area (Å²) in [6.45, 7) is 6.25. The fraction of sp³-hybridized carbons (Fsp3) is 0.360. The van der Waals surface area contributed by atoms with Gasteiger partial charge in [0.05, 0.1) is 7.11 Å². The van der Waals surface area contributed by atoms with Crippen LogP contribution in [-0.2, 0) is 6.54 Å². The molecule has 0 saturated carbocycles. The normalized spacial score (nSPS) is 18.0. The Morgan fingerprint density at radius 3 is 2.52 bits per heavy atom. The van der Waals surface area contributed by atoms with Gasteiger partial charge in [-0.1, -0.05) is 30.3 Å². The van der Waals surface area contributed by atoms with E-state index in [1.807, 2.05) is 11.3 Å². The molecule has 3 aromatic rings. The summed E-state index contributed by atoms with van der Waals surface area (Å²) in [5, 5.41) is 7.53. The van der Waals surface area contributed by atoms with Crippen molar-refractivity contribution in [3.05, 3.63) is 76.2 Å². The second-order valence-corrected chi connectivity index (χ2v) is 9.12. The first-order chi connectivity index (χ1) is 14.2. The summed E-state index contributed by atoms with van der Waals surface area (Å²) in [4.78, 5) is 2.71. The average molecular weight is 480 g/mol. The predicted molar refractivity (Wildman–Crippen MR) is 137 cm³/mol. The van der Waals surface area contributed by atoms with Gasteiger partial charge in [0.1, 0.15) is 5.75 Å². The maximum atomic E-state index is 5.67. The van der Waals surface area contributed by atoms with Gasteiger partial charge in [0, 0.05) is 33.9 Å². The van der Waals surface area contributed by atoms with Crippen LogP contribution in [0, 0.1) is 13.8 Å². The van der Waals surface area contributed by atoms with E-state index >= 15 is 0 Å². The number of hydrogen-bond acceptors (Lipinski definition) is 4. The first kappa shape index (κ1) is 25.7. The highest BCUT2D eigenvalue weighted by Gasteiger charge is 2.25. The van der Waals surface area contributed by atoms with Crippen LogP contribution in [0.5, 0.6) is 5.75 Å². The second kappa shape index (κ2) is 11.9. The van der Waals surface area contributed by atoms with E-state index in [1.54, 1.807) is 7.11 Å². The maximum absolute atomic E-state index is 5.67. The zero-order chi connectivity index (χ0) is 20.2. The Balaban J connectivity index is 0.00000171. The summed E-state index contributed by atoms with van der Waals surface area (Å²) < 4.78 is 5.67. The Bertz CT molecular complexity index is 961. The molecule has 2 unspecified atom stereocenters. The van der Waals surface area contributed by atoms with Crippen LogP contribution < -0.4 is 15.4 Å². The fourth-order valence-electron chi connectivity index (χ4n) is 4.35. The minimum atomic E-state index is 0. The molecule has 0 radical (unpaired) electrons. The van der Waals surface area contributed by atoms with E-state index in [-0.39, 0.29) is 24.8 Å². The van der Waals surface area contributed by atoms with Gasteiger partial charge in [0.15, 0.2) is 0 Å². The Hall–Kier alpha value is -1.56. The molecule has 1 aliphatic rings. The van der Waals surface area contributed by atoms with Crippen molar-refractivity contribution in [2.75, 3.05) is 13.7 Å². The topological polar surface area (TPSA) is 33.3 Å². The van der Waals surface area contributed by atoms with Gasteiger partial charge >= 0.3 is 0 Å². The van der Waals surface area contributed by atoms with E-state index in [0.717, 1.165) is 18.8 Å². The molecule has 1 fully saturated rings. The molecule has 2 atom stereocenters. The van der Waals surface area contributed by atoms with Gasteiger partial charge in [-0.2, -0.15) is 0 Å². The van der Waals surface area contributed by atoms with E-state index in [2.05, 4.69) is 79.1 Å². The largest absolute Gasteiger partial charge is 0.496 e. The third kappa shape index (κ3) is 6.03. The number of methoxy groups -OCH3 is 1. The van der Waals surface area contributed by atoms with Crippen molar-refractivity contribution < 1.29 is 4.74 Å². The molecule has 1 aromatic heterocycles. The highest BCUT2D eigenvalue weighted by atomic mass is 35.5. The van der Waals surface area contributed by atoms with Crippen molar-refractivity contribution in [3.63, 3.8) is 0 Å². The minimum absolute atomic E-state index is 0. The minimum Gasteiger partial charge on any atom is -0.496 e.